The Labute approximate surface area is 306 Å². The van der Waals surface area contributed by atoms with Gasteiger partial charge < -0.3 is 24.2 Å². The topological polar surface area (TPSA) is 99.7 Å². The summed E-state index contributed by atoms with van der Waals surface area (Å²) in [7, 11) is 0. The molecule has 53 heavy (non-hydrogen) atoms. The molecule has 9 rings (SSSR count). The normalized spacial score (nSPS) is 23.2. The molecule has 13 heteroatoms. The molecule has 3 aliphatic heterocycles. The van der Waals surface area contributed by atoms with Crippen LogP contribution in [0.4, 0.5) is 19.0 Å². The minimum Gasteiger partial charge on any atom is -0.481 e. The van der Waals surface area contributed by atoms with Crippen LogP contribution >= 0.6 is 0 Å². The van der Waals surface area contributed by atoms with Crippen molar-refractivity contribution in [2.24, 2.45) is 5.41 Å². The molecule has 0 bridgehead atoms. The number of nitrogens with zero attached hydrogens (tertiary/aromatic N) is 6. The van der Waals surface area contributed by atoms with E-state index in [-0.39, 0.29) is 35.1 Å². The summed E-state index contributed by atoms with van der Waals surface area (Å²) in [5.74, 6) is 0.894. The first kappa shape index (κ1) is 34.4. The number of halogens is 3. The molecular formula is C40H46F3N7O3. The van der Waals surface area contributed by atoms with Gasteiger partial charge in [-0.2, -0.15) is 28.2 Å². The third-order valence-corrected chi connectivity index (χ3v) is 12.3. The largest absolute Gasteiger partial charge is 0.481 e. The Hall–Kier alpha value is -4.39. The summed E-state index contributed by atoms with van der Waals surface area (Å²) < 4.78 is 54.7. The van der Waals surface area contributed by atoms with E-state index in [1.165, 1.54) is 25.3 Å². The van der Waals surface area contributed by atoms with Gasteiger partial charge in [0.1, 0.15) is 17.4 Å². The highest BCUT2D eigenvalue weighted by Crippen LogP contribution is 2.53. The summed E-state index contributed by atoms with van der Waals surface area (Å²) >= 11 is 0. The van der Waals surface area contributed by atoms with Gasteiger partial charge in [-0.3, -0.25) is 9.89 Å². The van der Waals surface area contributed by atoms with Gasteiger partial charge in [0, 0.05) is 66.8 Å². The molecule has 10 nitrogen and oxygen atoms in total. The lowest BCUT2D eigenvalue weighted by molar-refractivity contribution is -0.153. The molecule has 0 atom stereocenters. The number of carbonyl (C=O) groups excluding carboxylic acids is 1. The lowest BCUT2D eigenvalue weighted by Gasteiger charge is -2.54. The molecule has 1 amide bonds. The van der Waals surface area contributed by atoms with Crippen molar-refractivity contribution in [1.82, 2.24) is 30.0 Å². The van der Waals surface area contributed by atoms with Crippen LogP contribution in [0.15, 0.2) is 37.1 Å². The van der Waals surface area contributed by atoms with Gasteiger partial charge in [-0.05, 0) is 99.4 Å². The molecule has 280 valence electrons. The van der Waals surface area contributed by atoms with Crippen molar-refractivity contribution < 1.29 is 27.4 Å². The Morgan fingerprint density at radius 3 is 2.49 bits per heavy atom. The molecule has 5 heterocycles. The van der Waals surface area contributed by atoms with Crippen molar-refractivity contribution in [3.63, 3.8) is 0 Å². The molecule has 5 fully saturated rings. The molecule has 1 N–H and O–H groups in total. The zero-order chi connectivity index (χ0) is 36.5. The number of piperidine rings is 2. The lowest BCUT2D eigenvalue weighted by Crippen LogP contribution is -2.61. The van der Waals surface area contributed by atoms with E-state index in [2.05, 4.69) is 32.6 Å². The number of ether oxygens (including phenoxy) is 2. The van der Waals surface area contributed by atoms with E-state index in [9.17, 15) is 18.0 Å². The Morgan fingerprint density at radius 2 is 1.79 bits per heavy atom. The Kier molecular flexibility index (Phi) is 8.55. The minimum absolute atomic E-state index is 0.0425. The highest BCUT2D eigenvalue weighted by atomic mass is 19.4. The molecule has 2 saturated carbocycles. The maximum Gasteiger partial charge on any atom is 0.422 e. The summed E-state index contributed by atoms with van der Waals surface area (Å²) in [4.78, 5) is 28.9. The monoisotopic (exact) mass is 729 g/mol. The quantitative estimate of drug-likeness (QED) is 0.179. The van der Waals surface area contributed by atoms with Gasteiger partial charge in [-0.25, -0.2) is 0 Å². The average molecular weight is 730 g/mol. The first-order valence-electron chi connectivity index (χ1n) is 19.2. The Balaban J connectivity index is 1.15. The number of alkyl halides is 3. The van der Waals surface area contributed by atoms with E-state index >= 15 is 0 Å². The zero-order valence-corrected chi connectivity index (χ0v) is 30.2. The van der Waals surface area contributed by atoms with Gasteiger partial charge in [-0.15, -0.1) is 0 Å². The summed E-state index contributed by atoms with van der Waals surface area (Å²) in [5, 5.41) is 8.81. The molecule has 1 spiro atoms. The van der Waals surface area contributed by atoms with E-state index in [1.807, 2.05) is 24.0 Å². The number of aromatic amines is 1. The van der Waals surface area contributed by atoms with Crippen LogP contribution < -0.4 is 14.4 Å². The van der Waals surface area contributed by atoms with Gasteiger partial charge in [-0.1, -0.05) is 19.1 Å². The smallest absolute Gasteiger partial charge is 0.422 e. The van der Waals surface area contributed by atoms with Gasteiger partial charge in [0.2, 0.25) is 5.91 Å². The van der Waals surface area contributed by atoms with Crippen LogP contribution in [0.2, 0.25) is 0 Å². The van der Waals surface area contributed by atoms with E-state index in [4.69, 9.17) is 19.4 Å². The fourth-order valence-electron chi connectivity index (χ4n) is 9.16. The Bertz CT molecular complexity index is 2050. The number of H-pyrrole nitrogens is 1. The number of fused-ring (bicyclic) bond motifs is 2. The van der Waals surface area contributed by atoms with Crippen LogP contribution in [-0.2, 0) is 4.79 Å². The second-order valence-corrected chi connectivity index (χ2v) is 16.0. The zero-order valence-electron chi connectivity index (χ0n) is 30.2. The number of amides is 1. The molecule has 5 aliphatic rings. The van der Waals surface area contributed by atoms with Crippen LogP contribution in [0.1, 0.15) is 74.8 Å². The van der Waals surface area contributed by atoms with Crippen molar-refractivity contribution >= 4 is 33.5 Å². The number of benzene rings is 2. The highest BCUT2D eigenvalue weighted by molar-refractivity contribution is 6.06. The average Bonchev–Trinajstić information content (AvgIpc) is 3.86. The van der Waals surface area contributed by atoms with Gasteiger partial charge >= 0.3 is 12.2 Å². The van der Waals surface area contributed by atoms with E-state index in [0.29, 0.717) is 54.5 Å². The van der Waals surface area contributed by atoms with Crippen LogP contribution in [0.25, 0.3) is 32.9 Å². The SMILES string of the molecule is C=CC(=O)N1CC2(CCN(c3nc(OC4CC(N5CCCCC5)C4)nc4c(OCC(F)(F)F)c(-c5c(C)ccc6[nH]ncc56)c(C5CC5)cc34)CC2)C1. The third kappa shape index (κ3) is 6.48. The molecule has 2 aromatic heterocycles. The number of aryl methyl sites for hydroxylation is 1. The molecular weight excluding hydrogens is 683 g/mol. The van der Waals surface area contributed by atoms with E-state index < -0.39 is 12.8 Å². The first-order valence-corrected chi connectivity index (χ1v) is 19.2. The summed E-state index contributed by atoms with van der Waals surface area (Å²) in [6.07, 6.45) is 7.50. The number of aromatic nitrogens is 4. The molecule has 3 saturated heterocycles. The van der Waals surface area contributed by atoms with Crippen LogP contribution in [0.5, 0.6) is 11.8 Å². The predicted molar refractivity (Wildman–Crippen MR) is 196 cm³/mol. The molecule has 0 unspecified atom stereocenters. The molecule has 0 radical (unpaired) electrons. The van der Waals surface area contributed by atoms with Crippen LogP contribution in [0.3, 0.4) is 0 Å². The number of nitrogens with one attached hydrogen (secondary N) is 1. The number of anilines is 1. The first-order chi connectivity index (χ1) is 25.6. The fraction of sp³-hybridized carbons (Fsp3) is 0.550. The summed E-state index contributed by atoms with van der Waals surface area (Å²) in [6, 6.07) is 6.64. The Morgan fingerprint density at radius 1 is 1.04 bits per heavy atom. The number of carbonyl (C=O) groups is 1. The number of likely N-dealkylation sites (tertiary alicyclic amines) is 2. The maximum absolute atomic E-state index is 14.1. The van der Waals surface area contributed by atoms with Gasteiger partial charge in [0.05, 0.1) is 11.7 Å². The summed E-state index contributed by atoms with van der Waals surface area (Å²) in [6.45, 7) is 9.16. The van der Waals surface area contributed by atoms with Gasteiger partial charge in [0.15, 0.2) is 12.4 Å². The maximum atomic E-state index is 14.1. The van der Waals surface area contributed by atoms with E-state index in [0.717, 1.165) is 79.2 Å². The standard InChI is InChI=1S/C40H46F3N7O3/c1-3-32(51)50-21-39(22-50)11-15-49(16-12-39)37-29-19-28(25-8-9-25)34(33-24(2)7-10-31-30(33)20-44-47-31)36(52-23-40(41,42)43)35(29)45-38(46-37)53-27-17-26(18-27)48-13-5-4-6-14-48/h3,7,10,19-20,25-27H,1,4-6,8-9,11-18,21-23H2,2H3,(H,44,47). The molecule has 4 aromatic rings. The third-order valence-electron chi connectivity index (χ3n) is 12.3. The number of hydrogen-bond donors (Lipinski definition) is 1. The fourth-order valence-corrected chi connectivity index (χ4v) is 9.16. The van der Waals surface area contributed by atoms with Crippen molar-refractivity contribution in [2.45, 2.75) is 89.0 Å². The van der Waals surface area contributed by atoms with Crippen LogP contribution in [0, 0.1) is 12.3 Å². The predicted octanol–water partition coefficient (Wildman–Crippen LogP) is 7.31. The van der Waals surface area contributed by atoms with Gasteiger partial charge in [0.25, 0.3) is 0 Å². The molecule has 2 aromatic carbocycles. The highest BCUT2D eigenvalue weighted by Gasteiger charge is 2.47. The van der Waals surface area contributed by atoms with Crippen LogP contribution in [-0.4, -0.2) is 100 Å². The molecule has 2 aliphatic carbocycles. The van der Waals surface area contributed by atoms with E-state index in [1.54, 1.807) is 6.20 Å². The van der Waals surface area contributed by atoms with Crippen molar-refractivity contribution in [3.8, 4) is 22.9 Å². The summed E-state index contributed by atoms with van der Waals surface area (Å²) in [5.41, 5.74) is 4.45. The van der Waals surface area contributed by atoms with Crippen molar-refractivity contribution in [2.75, 3.05) is 50.8 Å². The van der Waals surface area contributed by atoms with Crippen molar-refractivity contribution in [1.29, 1.82) is 0 Å². The lowest BCUT2D eigenvalue weighted by atomic mass is 9.72. The second-order valence-electron chi connectivity index (χ2n) is 16.0. The second kappa shape index (κ2) is 13.2. The number of hydrogen-bond acceptors (Lipinski definition) is 8. The minimum atomic E-state index is -4.56. The number of rotatable bonds is 9. The van der Waals surface area contributed by atoms with Crippen molar-refractivity contribution in [3.05, 3.63) is 48.2 Å².